The summed E-state index contributed by atoms with van der Waals surface area (Å²) in [6.45, 7) is 5.43. The maximum Gasteiger partial charge on any atom is 0.261 e. The van der Waals surface area contributed by atoms with Gasteiger partial charge in [-0.05, 0) is 62.7 Å². The van der Waals surface area contributed by atoms with Gasteiger partial charge in [-0.3, -0.25) is 4.79 Å². The number of carbonyl (C=O) groups is 1. The third-order valence-corrected chi connectivity index (χ3v) is 4.96. The van der Waals surface area contributed by atoms with Crippen LogP contribution in [0.15, 0.2) is 48.7 Å². The molecule has 3 N–H and O–H groups in total. The molecule has 3 rings (SSSR count). The number of aromatic nitrogens is 2. The fourth-order valence-electron chi connectivity index (χ4n) is 2.38. The maximum absolute atomic E-state index is 12.4. The molecule has 3 heterocycles. The quantitative estimate of drug-likeness (QED) is 0.604. The number of hydrogen-bond acceptors (Lipinski definition) is 6. The number of aliphatic hydroxyl groups is 1. The minimum atomic E-state index is -0.663. The van der Waals surface area contributed by atoms with Gasteiger partial charge < -0.3 is 15.7 Å². The first-order chi connectivity index (χ1) is 12.9. The summed E-state index contributed by atoms with van der Waals surface area (Å²) in [5, 5.41) is 15.3. The summed E-state index contributed by atoms with van der Waals surface area (Å²) in [6.07, 6.45) is 1.75. The second-order valence-electron chi connectivity index (χ2n) is 6.91. The van der Waals surface area contributed by atoms with Crippen LogP contribution in [0.4, 0.5) is 11.6 Å². The number of nitrogens with zero attached hydrogens (tertiary/aromatic N) is 2. The lowest BCUT2D eigenvalue weighted by molar-refractivity contribution is 0.0873. The zero-order valence-electron chi connectivity index (χ0n) is 15.5. The first-order valence-corrected chi connectivity index (χ1v) is 9.38. The molecule has 3 aromatic heterocycles. The Morgan fingerprint density at radius 2 is 2.00 bits per heavy atom. The first kappa shape index (κ1) is 19.0. The van der Waals surface area contributed by atoms with E-state index in [1.807, 2.05) is 43.3 Å². The number of pyridine rings is 2. The largest absolute Gasteiger partial charge is 0.394 e. The van der Waals surface area contributed by atoms with E-state index in [0.717, 1.165) is 22.0 Å². The van der Waals surface area contributed by atoms with Crippen molar-refractivity contribution in [1.82, 2.24) is 15.3 Å². The molecule has 0 aliphatic carbocycles. The molecule has 0 unspecified atom stereocenters. The second-order valence-corrected chi connectivity index (χ2v) is 8.00. The van der Waals surface area contributed by atoms with E-state index in [-0.39, 0.29) is 12.5 Å². The van der Waals surface area contributed by atoms with E-state index < -0.39 is 5.54 Å². The Morgan fingerprint density at radius 1 is 1.19 bits per heavy atom. The van der Waals surface area contributed by atoms with Crippen LogP contribution in [0.3, 0.4) is 0 Å². The molecule has 0 atom stereocenters. The summed E-state index contributed by atoms with van der Waals surface area (Å²) < 4.78 is 0. The Balaban J connectivity index is 1.78. The Morgan fingerprint density at radius 3 is 2.74 bits per heavy atom. The molecule has 0 saturated heterocycles. The molecule has 0 fully saturated rings. The van der Waals surface area contributed by atoms with Crippen molar-refractivity contribution in [3.63, 3.8) is 0 Å². The normalized spacial score (nSPS) is 11.3. The van der Waals surface area contributed by atoms with Gasteiger partial charge in [0.2, 0.25) is 0 Å². The molecule has 140 valence electrons. The molecular formula is C20H22N4O2S. The lowest BCUT2D eigenvalue weighted by Crippen LogP contribution is -2.46. The molecule has 0 aromatic carbocycles. The maximum atomic E-state index is 12.4. The van der Waals surface area contributed by atoms with E-state index in [4.69, 9.17) is 0 Å². The Kier molecular flexibility index (Phi) is 5.53. The Hall–Kier alpha value is -2.77. The lowest BCUT2D eigenvalue weighted by Gasteiger charge is -2.22. The van der Waals surface area contributed by atoms with Gasteiger partial charge in [0.15, 0.2) is 0 Å². The fraction of sp³-hybridized carbons (Fsp3) is 0.250. The van der Waals surface area contributed by atoms with Crippen LogP contribution >= 0.6 is 11.3 Å². The van der Waals surface area contributed by atoms with Crippen molar-refractivity contribution in [2.24, 2.45) is 0 Å². The van der Waals surface area contributed by atoms with Crippen molar-refractivity contribution >= 4 is 28.9 Å². The third-order valence-electron chi connectivity index (χ3n) is 3.85. The molecule has 1 amide bonds. The van der Waals surface area contributed by atoms with Gasteiger partial charge >= 0.3 is 0 Å². The van der Waals surface area contributed by atoms with Crippen LogP contribution in [0, 0.1) is 6.92 Å². The zero-order valence-corrected chi connectivity index (χ0v) is 16.3. The smallest absolute Gasteiger partial charge is 0.261 e. The summed E-state index contributed by atoms with van der Waals surface area (Å²) in [4.78, 5) is 22.7. The molecule has 0 aliphatic rings. The number of amides is 1. The summed E-state index contributed by atoms with van der Waals surface area (Å²) in [7, 11) is 0. The molecule has 0 saturated carbocycles. The summed E-state index contributed by atoms with van der Waals surface area (Å²) in [6, 6.07) is 13.2. The van der Waals surface area contributed by atoms with E-state index >= 15 is 0 Å². The van der Waals surface area contributed by atoms with Crippen LogP contribution in [-0.2, 0) is 0 Å². The average Bonchev–Trinajstić information content (AvgIpc) is 3.12. The number of anilines is 2. The first-order valence-electron chi connectivity index (χ1n) is 8.57. The average molecular weight is 382 g/mol. The van der Waals surface area contributed by atoms with E-state index in [1.54, 1.807) is 26.1 Å². The van der Waals surface area contributed by atoms with Crippen molar-refractivity contribution in [3.05, 3.63) is 59.1 Å². The summed E-state index contributed by atoms with van der Waals surface area (Å²) in [5.74, 6) is 1.21. The second kappa shape index (κ2) is 7.85. The lowest BCUT2D eigenvalue weighted by atomic mass is 10.1. The molecule has 27 heavy (non-hydrogen) atoms. The number of aliphatic hydroxyl groups excluding tert-OH is 1. The number of nitrogens with one attached hydrogen (secondary N) is 2. The number of rotatable bonds is 6. The number of thiophene rings is 1. The molecule has 7 heteroatoms. The van der Waals surface area contributed by atoms with Gasteiger partial charge in [-0.2, -0.15) is 0 Å². The topological polar surface area (TPSA) is 87.1 Å². The highest BCUT2D eigenvalue weighted by Gasteiger charge is 2.21. The highest BCUT2D eigenvalue weighted by atomic mass is 32.1. The molecule has 6 nitrogen and oxygen atoms in total. The van der Waals surface area contributed by atoms with Gasteiger partial charge in [-0.15, -0.1) is 11.3 Å². The van der Waals surface area contributed by atoms with Gasteiger partial charge in [0, 0.05) is 6.20 Å². The van der Waals surface area contributed by atoms with E-state index in [0.29, 0.717) is 10.7 Å². The minimum absolute atomic E-state index is 0.126. The van der Waals surface area contributed by atoms with Crippen LogP contribution in [0.25, 0.3) is 10.6 Å². The Bertz CT molecular complexity index is 952. The van der Waals surface area contributed by atoms with Crippen molar-refractivity contribution < 1.29 is 9.90 Å². The van der Waals surface area contributed by atoms with Gasteiger partial charge in [0.05, 0.1) is 27.6 Å². The Labute approximate surface area is 162 Å². The van der Waals surface area contributed by atoms with Gasteiger partial charge in [-0.25, -0.2) is 9.97 Å². The highest BCUT2D eigenvalue weighted by Crippen LogP contribution is 2.28. The standard InChI is InChI=1S/C20H22N4O2S/c1-13-9-10-21-18(11-13)23-17-6-4-5-14(22-17)15-7-8-16(27-15)19(26)24-20(2,3)12-25/h4-11,25H,12H2,1-3H3,(H,24,26)(H,21,22,23). The fourth-order valence-corrected chi connectivity index (χ4v) is 3.25. The van der Waals surface area contributed by atoms with Gasteiger partial charge in [0.25, 0.3) is 5.91 Å². The van der Waals surface area contributed by atoms with E-state index in [2.05, 4.69) is 20.6 Å². The van der Waals surface area contributed by atoms with Crippen molar-refractivity contribution in [1.29, 1.82) is 0 Å². The van der Waals surface area contributed by atoms with Crippen molar-refractivity contribution in [3.8, 4) is 10.6 Å². The number of carbonyl (C=O) groups excluding carboxylic acids is 1. The predicted molar refractivity (Wildman–Crippen MR) is 108 cm³/mol. The molecule has 0 aliphatic heterocycles. The van der Waals surface area contributed by atoms with Gasteiger partial charge in [0.1, 0.15) is 11.6 Å². The van der Waals surface area contributed by atoms with Crippen LogP contribution in [0.1, 0.15) is 29.1 Å². The monoisotopic (exact) mass is 382 g/mol. The van der Waals surface area contributed by atoms with Crippen molar-refractivity contribution in [2.45, 2.75) is 26.3 Å². The predicted octanol–water partition coefficient (Wildman–Crippen LogP) is 3.76. The molecule has 0 radical (unpaired) electrons. The van der Waals surface area contributed by atoms with E-state index in [9.17, 15) is 9.90 Å². The molecule has 0 spiro atoms. The van der Waals surface area contributed by atoms with Gasteiger partial charge in [-0.1, -0.05) is 6.07 Å². The zero-order chi connectivity index (χ0) is 19.4. The highest BCUT2D eigenvalue weighted by molar-refractivity contribution is 7.17. The molecule has 3 aromatic rings. The van der Waals surface area contributed by atoms with Crippen molar-refractivity contribution in [2.75, 3.05) is 11.9 Å². The summed E-state index contributed by atoms with van der Waals surface area (Å²) >= 11 is 1.36. The number of aryl methyl sites for hydroxylation is 1. The number of hydrogen-bond donors (Lipinski definition) is 3. The minimum Gasteiger partial charge on any atom is -0.394 e. The van der Waals surface area contributed by atoms with Crippen LogP contribution in [0.2, 0.25) is 0 Å². The SMILES string of the molecule is Cc1ccnc(Nc2cccc(-c3ccc(C(=O)NC(C)(C)CO)s3)n2)c1. The molecular weight excluding hydrogens is 360 g/mol. The molecule has 0 bridgehead atoms. The van der Waals surface area contributed by atoms with Crippen LogP contribution < -0.4 is 10.6 Å². The van der Waals surface area contributed by atoms with Crippen LogP contribution in [0.5, 0.6) is 0 Å². The van der Waals surface area contributed by atoms with E-state index in [1.165, 1.54) is 11.3 Å². The van der Waals surface area contributed by atoms with Crippen LogP contribution in [-0.4, -0.2) is 33.1 Å². The summed E-state index contributed by atoms with van der Waals surface area (Å²) in [5.41, 5.74) is 1.23. The third kappa shape index (κ3) is 4.90.